The number of benzene rings is 7. The molecule has 0 spiro atoms. The lowest BCUT2D eigenvalue weighted by molar-refractivity contribution is 0.992. The number of aromatic nitrogens is 4. The Bertz CT molecular complexity index is 2830. The molecule has 4 nitrogen and oxygen atoms in total. The first-order chi connectivity index (χ1) is 24.8. The lowest BCUT2D eigenvalue weighted by Gasteiger charge is -2.14. The highest BCUT2D eigenvalue weighted by molar-refractivity contribution is 6.26. The Labute approximate surface area is 289 Å². The third kappa shape index (κ3) is 4.39. The molecular formula is C46H30N4. The van der Waals surface area contributed by atoms with Crippen molar-refractivity contribution >= 4 is 43.6 Å². The van der Waals surface area contributed by atoms with E-state index in [1.807, 2.05) is 18.5 Å². The average Bonchev–Trinajstić information content (AvgIpc) is 3.72. The number of rotatable bonds is 5. The SMILES string of the molecule is c1ccc(-c2ccc(-c3cnc(-n4c5ccccc5c5ccc6c(c7ccccc7n6-c6ccccc6-c6ccccc6)c54)nc3)cc2)cc1. The average molecular weight is 639 g/mol. The van der Waals surface area contributed by atoms with E-state index in [4.69, 9.17) is 9.97 Å². The number of para-hydroxylation sites is 3. The van der Waals surface area contributed by atoms with Crippen molar-refractivity contribution in [2.24, 2.45) is 0 Å². The predicted octanol–water partition coefficient (Wildman–Crippen LogP) is 11.7. The van der Waals surface area contributed by atoms with Crippen LogP contribution < -0.4 is 0 Å². The molecule has 0 saturated heterocycles. The van der Waals surface area contributed by atoms with E-state index >= 15 is 0 Å². The van der Waals surface area contributed by atoms with Crippen LogP contribution in [-0.2, 0) is 0 Å². The molecule has 50 heavy (non-hydrogen) atoms. The van der Waals surface area contributed by atoms with Crippen LogP contribution in [0.15, 0.2) is 182 Å². The van der Waals surface area contributed by atoms with Crippen molar-refractivity contribution in [2.75, 3.05) is 0 Å². The highest BCUT2D eigenvalue weighted by Gasteiger charge is 2.22. The van der Waals surface area contributed by atoms with Crippen LogP contribution >= 0.6 is 0 Å². The van der Waals surface area contributed by atoms with Crippen LogP contribution in [0.4, 0.5) is 0 Å². The molecule has 0 aliphatic rings. The maximum Gasteiger partial charge on any atom is 0.234 e. The van der Waals surface area contributed by atoms with E-state index in [1.54, 1.807) is 0 Å². The monoisotopic (exact) mass is 638 g/mol. The standard InChI is InChI=1S/C46H30N4/c1-3-13-31(14-4-1)32-23-25-33(26-24-32)35-29-47-46(48-30-35)50-41-21-11-8-18-37(41)38-27-28-43-44(45(38)50)39-19-9-12-22-42(39)49(43)40-20-10-7-17-36(40)34-15-5-2-6-16-34/h1-30H. The van der Waals surface area contributed by atoms with Crippen LogP contribution in [0.25, 0.3) is 88.6 Å². The first-order valence-electron chi connectivity index (χ1n) is 16.9. The van der Waals surface area contributed by atoms with E-state index in [2.05, 4.69) is 173 Å². The van der Waals surface area contributed by atoms with Crippen molar-refractivity contribution in [1.82, 2.24) is 19.1 Å². The largest absolute Gasteiger partial charge is 0.309 e. The fourth-order valence-electron chi connectivity index (χ4n) is 7.58. The zero-order valence-electron chi connectivity index (χ0n) is 27.1. The Kier molecular flexibility index (Phi) is 6.46. The maximum atomic E-state index is 5.03. The molecule has 7 aromatic carbocycles. The Balaban J connectivity index is 1.19. The fraction of sp³-hybridized carbons (Fsp3) is 0. The summed E-state index contributed by atoms with van der Waals surface area (Å²) in [5.41, 5.74) is 12.5. The smallest absolute Gasteiger partial charge is 0.234 e. The van der Waals surface area contributed by atoms with Gasteiger partial charge < -0.3 is 4.57 Å². The maximum absolute atomic E-state index is 5.03. The molecule has 0 radical (unpaired) electrons. The Morgan fingerprint density at radius 1 is 0.340 bits per heavy atom. The summed E-state index contributed by atoms with van der Waals surface area (Å²) in [6.07, 6.45) is 3.89. The zero-order valence-corrected chi connectivity index (χ0v) is 27.1. The fourth-order valence-corrected chi connectivity index (χ4v) is 7.58. The number of nitrogens with zero attached hydrogens (tertiary/aromatic N) is 4. The van der Waals surface area contributed by atoms with Crippen molar-refractivity contribution < 1.29 is 0 Å². The van der Waals surface area contributed by atoms with Crippen LogP contribution in [0.5, 0.6) is 0 Å². The van der Waals surface area contributed by atoms with Gasteiger partial charge in [-0.2, -0.15) is 0 Å². The third-order valence-corrected chi connectivity index (χ3v) is 9.86. The van der Waals surface area contributed by atoms with Gasteiger partial charge in [-0.3, -0.25) is 4.57 Å². The molecule has 0 bridgehead atoms. The lowest BCUT2D eigenvalue weighted by atomic mass is 10.0. The predicted molar refractivity (Wildman–Crippen MR) is 207 cm³/mol. The van der Waals surface area contributed by atoms with E-state index in [0.717, 1.165) is 38.9 Å². The van der Waals surface area contributed by atoms with E-state index in [0.29, 0.717) is 5.95 Å². The topological polar surface area (TPSA) is 35.6 Å². The summed E-state index contributed by atoms with van der Waals surface area (Å²) in [7, 11) is 0. The van der Waals surface area contributed by atoms with Crippen molar-refractivity contribution in [1.29, 1.82) is 0 Å². The summed E-state index contributed by atoms with van der Waals surface area (Å²) in [6, 6.07) is 60.2. The number of hydrogen-bond donors (Lipinski definition) is 0. The molecule has 10 aromatic rings. The highest BCUT2D eigenvalue weighted by Crippen LogP contribution is 2.42. The molecule has 0 amide bonds. The molecular weight excluding hydrogens is 609 g/mol. The quantitative estimate of drug-likeness (QED) is 0.188. The van der Waals surface area contributed by atoms with Gasteiger partial charge in [0.05, 0.1) is 27.8 Å². The van der Waals surface area contributed by atoms with Gasteiger partial charge >= 0.3 is 0 Å². The summed E-state index contributed by atoms with van der Waals surface area (Å²) in [5, 5.41) is 4.73. The summed E-state index contributed by atoms with van der Waals surface area (Å²) < 4.78 is 4.66. The van der Waals surface area contributed by atoms with Gasteiger partial charge in [-0.25, -0.2) is 9.97 Å². The number of hydrogen-bond acceptors (Lipinski definition) is 2. The van der Waals surface area contributed by atoms with Crippen molar-refractivity contribution in [3.8, 4) is 45.0 Å². The molecule has 3 heterocycles. The molecule has 0 N–H and O–H groups in total. The van der Waals surface area contributed by atoms with Gasteiger partial charge in [0.15, 0.2) is 0 Å². The van der Waals surface area contributed by atoms with E-state index in [1.165, 1.54) is 43.8 Å². The highest BCUT2D eigenvalue weighted by atomic mass is 15.2. The van der Waals surface area contributed by atoms with Crippen molar-refractivity contribution in [2.45, 2.75) is 0 Å². The van der Waals surface area contributed by atoms with Crippen LogP contribution in [0.2, 0.25) is 0 Å². The molecule has 10 rings (SSSR count). The third-order valence-electron chi connectivity index (χ3n) is 9.86. The molecule has 0 fully saturated rings. The van der Waals surface area contributed by atoms with Crippen LogP contribution in [-0.4, -0.2) is 19.1 Å². The Morgan fingerprint density at radius 3 is 1.60 bits per heavy atom. The molecule has 0 saturated carbocycles. The van der Waals surface area contributed by atoms with Gasteiger partial charge in [-0.05, 0) is 46.5 Å². The van der Waals surface area contributed by atoms with Crippen molar-refractivity contribution in [3.63, 3.8) is 0 Å². The van der Waals surface area contributed by atoms with Gasteiger partial charge in [0.25, 0.3) is 0 Å². The minimum Gasteiger partial charge on any atom is -0.309 e. The van der Waals surface area contributed by atoms with Crippen LogP contribution in [0, 0.1) is 0 Å². The minimum absolute atomic E-state index is 0.648. The number of fused-ring (bicyclic) bond motifs is 7. The normalized spacial score (nSPS) is 11.6. The minimum atomic E-state index is 0.648. The van der Waals surface area contributed by atoms with Gasteiger partial charge in [0.1, 0.15) is 0 Å². The molecule has 0 aliphatic heterocycles. The second-order valence-corrected chi connectivity index (χ2v) is 12.7. The van der Waals surface area contributed by atoms with Crippen LogP contribution in [0.1, 0.15) is 0 Å². The van der Waals surface area contributed by atoms with Gasteiger partial charge in [0, 0.05) is 45.1 Å². The van der Waals surface area contributed by atoms with Crippen LogP contribution in [0.3, 0.4) is 0 Å². The Morgan fingerprint density at radius 2 is 0.880 bits per heavy atom. The van der Waals surface area contributed by atoms with Crippen molar-refractivity contribution in [3.05, 3.63) is 182 Å². The molecule has 234 valence electrons. The van der Waals surface area contributed by atoms with E-state index in [-0.39, 0.29) is 0 Å². The van der Waals surface area contributed by atoms with Gasteiger partial charge in [0.2, 0.25) is 5.95 Å². The van der Waals surface area contributed by atoms with E-state index in [9.17, 15) is 0 Å². The second kappa shape index (κ2) is 11.4. The molecule has 0 aliphatic carbocycles. The van der Waals surface area contributed by atoms with E-state index < -0.39 is 0 Å². The first kappa shape index (κ1) is 28.3. The summed E-state index contributed by atoms with van der Waals surface area (Å²) in [6.45, 7) is 0. The lowest BCUT2D eigenvalue weighted by Crippen LogP contribution is -2.01. The molecule has 0 unspecified atom stereocenters. The van der Waals surface area contributed by atoms with Gasteiger partial charge in [-0.15, -0.1) is 0 Å². The summed E-state index contributed by atoms with van der Waals surface area (Å²) >= 11 is 0. The molecule has 3 aromatic heterocycles. The second-order valence-electron chi connectivity index (χ2n) is 12.7. The molecule has 4 heteroatoms. The molecule has 0 atom stereocenters. The first-order valence-corrected chi connectivity index (χ1v) is 16.9. The van der Waals surface area contributed by atoms with Gasteiger partial charge in [-0.1, -0.05) is 146 Å². The summed E-state index contributed by atoms with van der Waals surface area (Å²) in [5.74, 6) is 0.648. The summed E-state index contributed by atoms with van der Waals surface area (Å²) in [4.78, 5) is 10.1. The zero-order chi connectivity index (χ0) is 33.0. The Hall–Kier alpha value is -6.78.